The van der Waals surface area contributed by atoms with Crippen LogP contribution < -0.4 is 5.69 Å². The molecule has 5 nitrogen and oxygen atoms in total. The van der Waals surface area contributed by atoms with E-state index in [0.29, 0.717) is 5.65 Å². The van der Waals surface area contributed by atoms with Crippen LogP contribution >= 0.6 is 11.6 Å². The van der Waals surface area contributed by atoms with Gasteiger partial charge in [-0.2, -0.15) is 4.68 Å². The van der Waals surface area contributed by atoms with Gasteiger partial charge in [0.15, 0.2) is 5.65 Å². The van der Waals surface area contributed by atoms with Crippen LogP contribution in [0.3, 0.4) is 0 Å². The summed E-state index contributed by atoms with van der Waals surface area (Å²) in [5.41, 5.74) is 3.12. The Bertz CT molecular complexity index is 882. The Labute approximate surface area is 125 Å². The topological polar surface area (TPSA) is 52.2 Å². The van der Waals surface area contributed by atoms with Gasteiger partial charge >= 0.3 is 5.69 Å². The first-order chi connectivity index (χ1) is 10.3. The quantitative estimate of drug-likeness (QED) is 0.649. The standard InChI is InChI=1S/C15H13ClN4O/c16-14-17-12-9-5-4-8-11(12)13-18-20(15(21)19(13)14)10-6-2-1-3-7-10/h1-3,6-7H,4-5,8-9H2. The van der Waals surface area contributed by atoms with Crippen LogP contribution in [0.2, 0.25) is 5.28 Å². The lowest BCUT2D eigenvalue weighted by molar-refractivity contribution is 0.664. The van der Waals surface area contributed by atoms with E-state index >= 15 is 0 Å². The number of aryl methyl sites for hydroxylation is 2. The maximum absolute atomic E-state index is 12.6. The average Bonchev–Trinajstić information content (AvgIpc) is 2.87. The molecule has 2 aromatic heterocycles. The van der Waals surface area contributed by atoms with Gasteiger partial charge in [0.25, 0.3) is 0 Å². The fourth-order valence-electron chi connectivity index (χ4n) is 2.88. The maximum Gasteiger partial charge on any atom is 0.357 e. The normalized spacial score (nSPS) is 14.3. The summed E-state index contributed by atoms with van der Waals surface area (Å²) in [5.74, 6) is 0. The number of hydrogen-bond acceptors (Lipinski definition) is 3. The van der Waals surface area contributed by atoms with Crippen molar-refractivity contribution in [3.05, 3.63) is 57.4 Å². The third-order valence-electron chi connectivity index (χ3n) is 3.90. The number of nitrogens with zero attached hydrogens (tertiary/aromatic N) is 4. The van der Waals surface area contributed by atoms with Crippen molar-refractivity contribution >= 4 is 17.2 Å². The van der Waals surface area contributed by atoms with Crippen LogP contribution in [0.4, 0.5) is 0 Å². The zero-order valence-electron chi connectivity index (χ0n) is 11.3. The van der Waals surface area contributed by atoms with Crippen LogP contribution in [0.1, 0.15) is 24.1 Å². The second kappa shape index (κ2) is 4.70. The molecule has 4 rings (SSSR count). The molecule has 0 radical (unpaired) electrons. The Morgan fingerprint density at radius 3 is 2.67 bits per heavy atom. The molecule has 0 N–H and O–H groups in total. The highest BCUT2D eigenvalue weighted by molar-refractivity contribution is 6.28. The van der Waals surface area contributed by atoms with Crippen molar-refractivity contribution in [3.63, 3.8) is 0 Å². The lowest BCUT2D eigenvalue weighted by Crippen LogP contribution is -2.21. The Balaban J connectivity index is 2.06. The fraction of sp³-hybridized carbons (Fsp3) is 0.267. The van der Waals surface area contributed by atoms with Gasteiger partial charge in [0.05, 0.1) is 11.4 Å². The lowest BCUT2D eigenvalue weighted by Gasteiger charge is -2.14. The van der Waals surface area contributed by atoms with Crippen LogP contribution in [-0.4, -0.2) is 19.2 Å². The van der Waals surface area contributed by atoms with Crippen LogP contribution in [0.25, 0.3) is 11.3 Å². The minimum Gasteiger partial charge on any atom is -0.245 e. The molecule has 0 amide bonds. The van der Waals surface area contributed by atoms with E-state index in [9.17, 15) is 4.79 Å². The molecule has 0 bridgehead atoms. The molecule has 1 aliphatic carbocycles. The van der Waals surface area contributed by atoms with Gasteiger partial charge in [-0.3, -0.25) is 0 Å². The van der Waals surface area contributed by atoms with Gasteiger partial charge in [0, 0.05) is 5.56 Å². The Kier molecular flexibility index (Phi) is 2.82. The molecule has 6 heteroatoms. The molecule has 1 aliphatic rings. The Hall–Kier alpha value is -2.14. The van der Waals surface area contributed by atoms with Crippen LogP contribution in [0.15, 0.2) is 35.1 Å². The van der Waals surface area contributed by atoms with E-state index in [1.807, 2.05) is 30.3 Å². The highest BCUT2D eigenvalue weighted by Crippen LogP contribution is 2.24. The average molecular weight is 301 g/mol. The number of benzene rings is 1. The highest BCUT2D eigenvalue weighted by atomic mass is 35.5. The van der Waals surface area contributed by atoms with E-state index in [1.165, 1.54) is 9.08 Å². The third-order valence-corrected chi connectivity index (χ3v) is 4.15. The summed E-state index contributed by atoms with van der Waals surface area (Å²) in [4.78, 5) is 17.0. The molecule has 0 saturated heterocycles. The molecule has 0 atom stereocenters. The molecule has 0 unspecified atom stereocenters. The zero-order chi connectivity index (χ0) is 14.4. The number of fused-ring (bicyclic) bond motifs is 3. The molecule has 0 saturated carbocycles. The molecule has 106 valence electrons. The number of halogens is 1. The van der Waals surface area contributed by atoms with Gasteiger partial charge in [-0.25, -0.2) is 14.2 Å². The first kappa shape index (κ1) is 12.6. The predicted octanol–water partition coefficient (Wildman–Crippen LogP) is 2.41. The van der Waals surface area contributed by atoms with E-state index < -0.39 is 0 Å². The van der Waals surface area contributed by atoms with Crippen LogP contribution in [0.5, 0.6) is 0 Å². The molecule has 0 fully saturated rings. The van der Waals surface area contributed by atoms with Gasteiger partial charge < -0.3 is 0 Å². The minimum absolute atomic E-state index is 0.192. The summed E-state index contributed by atoms with van der Waals surface area (Å²) in [6, 6.07) is 9.35. The third kappa shape index (κ3) is 1.88. The smallest absolute Gasteiger partial charge is 0.245 e. The molecule has 1 aromatic carbocycles. The van der Waals surface area contributed by atoms with E-state index in [0.717, 1.165) is 42.6 Å². The van der Waals surface area contributed by atoms with Gasteiger partial charge in [0.2, 0.25) is 5.28 Å². The molecule has 21 heavy (non-hydrogen) atoms. The largest absolute Gasteiger partial charge is 0.357 e. The monoisotopic (exact) mass is 300 g/mol. The van der Waals surface area contributed by atoms with E-state index in [1.54, 1.807) is 0 Å². The number of aromatic nitrogens is 4. The van der Waals surface area contributed by atoms with E-state index in [2.05, 4.69) is 10.1 Å². The lowest BCUT2D eigenvalue weighted by atomic mass is 9.97. The summed E-state index contributed by atoms with van der Waals surface area (Å²) < 4.78 is 2.79. The minimum atomic E-state index is -0.276. The number of rotatable bonds is 1. The van der Waals surface area contributed by atoms with Crippen molar-refractivity contribution in [1.29, 1.82) is 0 Å². The molecule has 0 aliphatic heterocycles. The Morgan fingerprint density at radius 2 is 1.86 bits per heavy atom. The summed E-state index contributed by atoms with van der Waals surface area (Å²) in [7, 11) is 0. The van der Waals surface area contributed by atoms with E-state index in [-0.39, 0.29) is 11.0 Å². The van der Waals surface area contributed by atoms with Gasteiger partial charge in [-0.1, -0.05) is 18.2 Å². The van der Waals surface area contributed by atoms with E-state index in [4.69, 9.17) is 11.6 Å². The zero-order valence-corrected chi connectivity index (χ0v) is 12.0. The fourth-order valence-corrected chi connectivity index (χ4v) is 3.14. The van der Waals surface area contributed by atoms with Crippen molar-refractivity contribution in [2.75, 3.05) is 0 Å². The van der Waals surface area contributed by atoms with Gasteiger partial charge in [0.1, 0.15) is 0 Å². The van der Waals surface area contributed by atoms with Crippen molar-refractivity contribution in [1.82, 2.24) is 19.2 Å². The first-order valence-corrected chi connectivity index (χ1v) is 7.38. The summed E-state index contributed by atoms with van der Waals surface area (Å²) in [6.07, 6.45) is 4.00. The molecular weight excluding hydrogens is 288 g/mol. The maximum atomic E-state index is 12.6. The first-order valence-electron chi connectivity index (χ1n) is 7.00. The molecule has 3 aromatic rings. The number of hydrogen-bond donors (Lipinski definition) is 0. The van der Waals surface area contributed by atoms with Crippen molar-refractivity contribution in [3.8, 4) is 5.69 Å². The predicted molar refractivity (Wildman–Crippen MR) is 80.2 cm³/mol. The number of para-hydroxylation sites is 1. The highest BCUT2D eigenvalue weighted by Gasteiger charge is 2.21. The summed E-state index contributed by atoms with van der Waals surface area (Å²) >= 11 is 6.20. The van der Waals surface area contributed by atoms with Crippen molar-refractivity contribution in [2.45, 2.75) is 25.7 Å². The second-order valence-electron chi connectivity index (χ2n) is 5.20. The van der Waals surface area contributed by atoms with Crippen LogP contribution in [-0.2, 0) is 12.8 Å². The molecule has 0 spiro atoms. The summed E-state index contributed by atoms with van der Waals surface area (Å²) in [6.45, 7) is 0. The SMILES string of the molecule is O=c1n(-c2ccccc2)nc2c3c(nc(Cl)n12)CCCC3. The second-order valence-corrected chi connectivity index (χ2v) is 5.54. The Morgan fingerprint density at radius 1 is 1.10 bits per heavy atom. The van der Waals surface area contributed by atoms with Crippen molar-refractivity contribution in [2.24, 2.45) is 0 Å². The van der Waals surface area contributed by atoms with Gasteiger partial charge in [-0.05, 0) is 49.4 Å². The molecular formula is C15H13ClN4O. The van der Waals surface area contributed by atoms with Gasteiger partial charge in [-0.15, -0.1) is 5.10 Å². The summed E-state index contributed by atoms with van der Waals surface area (Å²) in [5, 5.41) is 4.69. The van der Waals surface area contributed by atoms with Crippen molar-refractivity contribution < 1.29 is 0 Å². The van der Waals surface area contributed by atoms with Crippen LogP contribution in [0, 0.1) is 0 Å². The molecule has 2 heterocycles.